The highest BCUT2D eigenvalue weighted by Crippen LogP contribution is 2.21. The molecule has 18 heavy (non-hydrogen) atoms. The number of nitrogens with zero attached hydrogens (tertiary/aromatic N) is 2. The predicted octanol–water partition coefficient (Wildman–Crippen LogP) is 2.26. The number of aromatic nitrogens is 1. The van der Waals surface area contributed by atoms with Crippen LogP contribution < -0.4 is 5.32 Å². The summed E-state index contributed by atoms with van der Waals surface area (Å²) in [5, 5.41) is 3.40. The van der Waals surface area contributed by atoms with E-state index in [1.54, 1.807) is 0 Å². The molecule has 1 heterocycles. The molecule has 1 aliphatic carbocycles. The second kappa shape index (κ2) is 6.34. The smallest absolute Gasteiger partial charge is 0.208 e. The maximum Gasteiger partial charge on any atom is 0.208 e. The van der Waals surface area contributed by atoms with Gasteiger partial charge in [0, 0.05) is 19.1 Å². The third-order valence-electron chi connectivity index (χ3n) is 3.94. The lowest BCUT2D eigenvalue weighted by Crippen LogP contribution is -2.35. The summed E-state index contributed by atoms with van der Waals surface area (Å²) in [5.74, 6) is 1.73. The molecule has 1 saturated carbocycles. The molecule has 0 atom stereocenters. The summed E-state index contributed by atoms with van der Waals surface area (Å²) in [4.78, 5) is 6.84. The molecule has 1 aromatic rings. The first-order chi connectivity index (χ1) is 8.66. The van der Waals surface area contributed by atoms with Gasteiger partial charge in [-0.2, -0.15) is 0 Å². The highest BCUT2D eigenvalue weighted by atomic mass is 16.4. The Kier molecular flexibility index (Phi) is 4.78. The van der Waals surface area contributed by atoms with Gasteiger partial charge in [0.1, 0.15) is 5.76 Å². The summed E-state index contributed by atoms with van der Waals surface area (Å²) in [6.45, 7) is 6.76. The maximum atomic E-state index is 5.53. The third kappa shape index (κ3) is 3.56. The van der Waals surface area contributed by atoms with E-state index < -0.39 is 0 Å². The van der Waals surface area contributed by atoms with Crippen LogP contribution in [0.1, 0.15) is 43.0 Å². The summed E-state index contributed by atoms with van der Waals surface area (Å²) in [6.07, 6.45) is 5.54. The molecule has 1 N–H and O–H groups in total. The Hall–Kier alpha value is -0.870. The normalized spacial score (nSPS) is 16.9. The van der Waals surface area contributed by atoms with Crippen molar-refractivity contribution in [2.75, 3.05) is 20.1 Å². The van der Waals surface area contributed by atoms with Crippen molar-refractivity contribution in [3.05, 3.63) is 17.3 Å². The molecule has 0 aliphatic heterocycles. The van der Waals surface area contributed by atoms with E-state index in [9.17, 15) is 0 Å². The summed E-state index contributed by atoms with van der Waals surface area (Å²) in [5.41, 5.74) is 0.995. The zero-order valence-electron chi connectivity index (χ0n) is 11.8. The van der Waals surface area contributed by atoms with Crippen LogP contribution in [0.4, 0.5) is 0 Å². The molecule has 4 heteroatoms. The van der Waals surface area contributed by atoms with Gasteiger partial charge < -0.3 is 14.6 Å². The topological polar surface area (TPSA) is 41.3 Å². The molecule has 0 radical (unpaired) electrons. The molecule has 1 fully saturated rings. The molecule has 0 saturated heterocycles. The molecule has 0 amide bonds. The number of oxazole rings is 1. The summed E-state index contributed by atoms with van der Waals surface area (Å²) in [7, 11) is 2.23. The first-order valence-corrected chi connectivity index (χ1v) is 7.00. The van der Waals surface area contributed by atoms with Gasteiger partial charge in [0.05, 0.1) is 12.2 Å². The lowest BCUT2D eigenvalue weighted by molar-refractivity contribution is 0.244. The molecule has 1 aliphatic rings. The molecule has 1 aromatic heterocycles. The molecular formula is C14H25N3O. The van der Waals surface area contributed by atoms with Crippen LogP contribution in [0.2, 0.25) is 0 Å². The van der Waals surface area contributed by atoms with Crippen molar-refractivity contribution < 1.29 is 4.42 Å². The SMILES string of the molecule is Cc1nc(CNCCN(C)C2CCCC2)oc1C. The predicted molar refractivity (Wildman–Crippen MR) is 72.6 cm³/mol. The minimum atomic E-state index is 0.729. The van der Waals surface area contributed by atoms with Crippen LogP contribution >= 0.6 is 0 Å². The average Bonchev–Trinajstić information content (AvgIpc) is 2.96. The highest BCUT2D eigenvalue weighted by Gasteiger charge is 2.18. The van der Waals surface area contributed by atoms with Crippen LogP contribution in [0.15, 0.2) is 4.42 Å². The molecule has 2 rings (SSSR count). The molecule has 0 aromatic carbocycles. The van der Waals surface area contributed by atoms with E-state index in [4.69, 9.17) is 4.42 Å². The lowest BCUT2D eigenvalue weighted by atomic mass is 10.2. The van der Waals surface area contributed by atoms with Crippen LogP contribution in [0, 0.1) is 13.8 Å². The Morgan fingerprint density at radius 1 is 1.33 bits per heavy atom. The van der Waals surface area contributed by atoms with Gasteiger partial charge in [-0.1, -0.05) is 12.8 Å². The van der Waals surface area contributed by atoms with E-state index in [0.717, 1.165) is 43.0 Å². The van der Waals surface area contributed by atoms with Crippen molar-refractivity contribution in [2.24, 2.45) is 0 Å². The number of aryl methyl sites for hydroxylation is 2. The first kappa shape index (κ1) is 13.6. The Labute approximate surface area is 110 Å². The van der Waals surface area contributed by atoms with Crippen molar-refractivity contribution >= 4 is 0 Å². The van der Waals surface area contributed by atoms with E-state index >= 15 is 0 Å². The second-order valence-electron chi connectivity index (χ2n) is 5.34. The number of likely N-dealkylation sites (N-methyl/N-ethyl adjacent to an activating group) is 1. The third-order valence-corrected chi connectivity index (χ3v) is 3.94. The zero-order valence-corrected chi connectivity index (χ0v) is 11.8. The van der Waals surface area contributed by atoms with Crippen LogP contribution in [0.5, 0.6) is 0 Å². The summed E-state index contributed by atoms with van der Waals surface area (Å²) >= 11 is 0. The van der Waals surface area contributed by atoms with Gasteiger partial charge >= 0.3 is 0 Å². The Morgan fingerprint density at radius 3 is 2.67 bits per heavy atom. The quantitative estimate of drug-likeness (QED) is 0.787. The zero-order chi connectivity index (χ0) is 13.0. The van der Waals surface area contributed by atoms with Gasteiger partial charge in [-0.25, -0.2) is 4.98 Å². The number of nitrogens with one attached hydrogen (secondary N) is 1. The Morgan fingerprint density at radius 2 is 2.06 bits per heavy atom. The minimum Gasteiger partial charge on any atom is -0.444 e. The van der Waals surface area contributed by atoms with Crippen LogP contribution in [-0.4, -0.2) is 36.1 Å². The summed E-state index contributed by atoms with van der Waals surface area (Å²) < 4.78 is 5.53. The van der Waals surface area contributed by atoms with Crippen molar-refractivity contribution in [1.82, 2.24) is 15.2 Å². The van der Waals surface area contributed by atoms with Crippen LogP contribution in [0.3, 0.4) is 0 Å². The van der Waals surface area contributed by atoms with E-state index in [0.29, 0.717) is 0 Å². The number of hydrogen-bond donors (Lipinski definition) is 1. The largest absolute Gasteiger partial charge is 0.444 e. The second-order valence-corrected chi connectivity index (χ2v) is 5.34. The molecule has 102 valence electrons. The van der Waals surface area contributed by atoms with Crippen molar-refractivity contribution in [2.45, 2.75) is 52.1 Å². The van der Waals surface area contributed by atoms with Gasteiger partial charge in [-0.15, -0.1) is 0 Å². The van der Waals surface area contributed by atoms with E-state index in [2.05, 4.69) is 22.2 Å². The lowest BCUT2D eigenvalue weighted by Gasteiger charge is -2.23. The minimum absolute atomic E-state index is 0.729. The molecule has 0 unspecified atom stereocenters. The molecular weight excluding hydrogens is 226 g/mol. The monoisotopic (exact) mass is 251 g/mol. The highest BCUT2D eigenvalue weighted by molar-refractivity contribution is 5.05. The average molecular weight is 251 g/mol. The molecule has 0 bridgehead atoms. The fourth-order valence-electron chi connectivity index (χ4n) is 2.59. The van der Waals surface area contributed by atoms with Gasteiger partial charge in [0.25, 0.3) is 0 Å². The van der Waals surface area contributed by atoms with Gasteiger partial charge in [0.2, 0.25) is 5.89 Å². The Balaban J connectivity index is 1.63. The van der Waals surface area contributed by atoms with Crippen molar-refractivity contribution in [1.29, 1.82) is 0 Å². The van der Waals surface area contributed by atoms with Crippen LogP contribution in [-0.2, 0) is 6.54 Å². The van der Waals surface area contributed by atoms with E-state index in [1.807, 2.05) is 13.8 Å². The van der Waals surface area contributed by atoms with E-state index in [1.165, 1.54) is 25.7 Å². The van der Waals surface area contributed by atoms with Crippen molar-refractivity contribution in [3.63, 3.8) is 0 Å². The van der Waals surface area contributed by atoms with Gasteiger partial charge in [-0.3, -0.25) is 0 Å². The maximum absolute atomic E-state index is 5.53. The Bertz CT molecular complexity index is 350. The number of rotatable bonds is 6. The molecule has 0 spiro atoms. The van der Waals surface area contributed by atoms with Gasteiger partial charge in [0.15, 0.2) is 0 Å². The fraction of sp³-hybridized carbons (Fsp3) is 0.786. The molecule has 4 nitrogen and oxygen atoms in total. The van der Waals surface area contributed by atoms with E-state index in [-0.39, 0.29) is 0 Å². The standard InChI is InChI=1S/C14H25N3O/c1-11-12(2)18-14(16-11)10-15-8-9-17(3)13-6-4-5-7-13/h13,15H,4-10H2,1-3H3. The summed E-state index contributed by atoms with van der Waals surface area (Å²) in [6, 6.07) is 0.804. The fourth-order valence-corrected chi connectivity index (χ4v) is 2.59. The van der Waals surface area contributed by atoms with Gasteiger partial charge in [-0.05, 0) is 33.7 Å². The van der Waals surface area contributed by atoms with Crippen molar-refractivity contribution in [3.8, 4) is 0 Å². The van der Waals surface area contributed by atoms with Crippen LogP contribution in [0.25, 0.3) is 0 Å². The number of hydrogen-bond acceptors (Lipinski definition) is 4. The first-order valence-electron chi connectivity index (χ1n) is 7.00.